The molecule has 0 saturated carbocycles. The summed E-state index contributed by atoms with van der Waals surface area (Å²) in [6.07, 6.45) is 4.40. The van der Waals surface area contributed by atoms with Gasteiger partial charge < -0.3 is 9.58 Å². The van der Waals surface area contributed by atoms with Crippen LogP contribution in [0.1, 0.15) is 32.1 Å². The summed E-state index contributed by atoms with van der Waals surface area (Å²) in [5, 5.41) is 0. The van der Waals surface area contributed by atoms with Gasteiger partial charge in [0, 0.05) is 12.8 Å². The van der Waals surface area contributed by atoms with Crippen molar-refractivity contribution in [3.8, 4) is 0 Å². The molecule has 0 aromatic rings. The Morgan fingerprint density at radius 1 is 1.33 bits per heavy atom. The molecular weight excluding hydrogens is 154 g/mol. The molecule has 0 spiro atoms. The first kappa shape index (κ1) is 11.0. The minimum atomic E-state index is -0.139. The van der Waals surface area contributed by atoms with Gasteiger partial charge in [0.05, 0.1) is 7.11 Å². The number of nitrogens with zero attached hydrogens (tertiary/aromatic N) is 1. The maximum atomic E-state index is 10.6. The van der Waals surface area contributed by atoms with Crippen molar-refractivity contribution < 1.29 is 9.53 Å². The first-order valence-corrected chi connectivity index (χ1v) is 4.21. The molecule has 0 aliphatic carbocycles. The number of carbonyl (C=O) groups excluding carboxylic acids is 1. The molecule has 3 nitrogen and oxygen atoms in total. The summed E-state index contributed by atoms with van der Waals surface area (Å²) in [6.45, 7) is 7.14. The molecule has 0 rings (SSSR count). The first-order chi connectivity index (χ1) is 5.81. The van der Waals surface area contributed by atoms with Gasteiger partial charge in [-0.05, 0) is 12.8 Å². The normalized spacial score (nSPS) is 9.00. The molecule has 0 N–H and O–H groups in total. The van der Waals surface area contributed by atoms with E-state index in [1.807, 2.05) is 0 Å². The molecule has 0 fully saturated rings. The van der Waals surface area contributed by atoms with Crippen LogP contribution in [-0.2, 0) is 9.53 Å². The van der Waals surface area contributed by atoms with Gasteiger partial charge in [0.1, 0.15) is 0 Å². The lowest BCUT2D eigenvalue weighted by atomic mass is 10.1. The van der Waals surface area contributed by atoms with E-state index in [1.54, 1.807) is 0 Å². The van der Waals surface area contributed by atoms with E-state index in [1.165, 1.54) is 7.11 Å². The number of carbonyl (C=O) groups is 1. The molecule has 68 valence electrons. The van der Waals surface area contributed by atoms with E-state index in [2.05, 4.69) is 9.58 Å². The molecule has 0 saturated heterocycles. The zero-order valence-corrected chi connectivity index (χ0v) is 7.51. The van der Waals surface area contributed by atoms with Crippen LogP contribution in [0.15, 0.2) is 0 Å². The van der Waals surface area contributed by atoms with Crippen molar-refractivity contribution in [2.24, 2.45) is 0 Å². The summed E-state index contributed by atoms with van der Waals surface area (Å²) in [4.78, 5) is 13.9. The van der Waals surface area contributed by atoms with Crippen LogP contribution in [0.2, 0.25) is 0 Å². The van der Waals surface area contributed by atoms with Crippen molar-refractivity contribution in [1.82, 2.24) is 0 Å². The summed E-state index contributed by atoms with van der Waals surface area (Å²) in [5.74, 6) is -0.139. The van der Waals surface area contributed by atoms with Crippen LogP contribution in [0.4, 0.5) is 0 Å². The van der Waals surface area contributed by atoms with Crippen molar-refractivity contribution in [2.45, 2.75) is 32.1 Å². The van der Waals surface area contributed by atoms with E-state index in [9.17, 15) is 4.79 Å². The van der Waals surface area contributed by atoms with Gasteiger partial charge in [0.2, 0.25) is 6.54 Å². The second-order valence-electron chi connectivity index (χ2n) is 2.62. The summed E-state index contributed by atoms with van der Waals surface area (Å²) < 4.78 is 4.49. The Bertz CT molecular complexity index is 160. The molecule has 0 heterocycles. The van der Waals surface area contributed by atoms with Crippen molar-refractivity contribution in [3.05, 3.63) is 11.4 Å². The lowest BCUT2D eigenvalue weighted by Crippen LogP contribution is -1.99. The Morgan fingerprint density at radius 3 is 2.58 bits per heavy atom. The van der Waals surface area contributed by atoms with E-state index in [-0.39, 0.29) is 5.97 Å². The maximum absolute atomic E-state index is 10.6. The largest absolute Gasteiger partial charge is 0.469 e. The number of ether oxygens (including phenoxy) is 1. The Hall–Kier alpha value is -1.04. The van der Waals surface area contributed by atoms with Gasteiger partial charge >= 0.3 is 5.97 Å². The molecule has 12 heavy (non-hydrogen) atoms. The van der Waals surface area contributed by atoms with Gasteiger partial charge in [-0.25, -0.2) is 6.57 Å². The van der Waals surface area contributed by atoms with Gasteiger partial charge in [-0.1, -0.05) is 6.42 Å². The third-order valence-corrected chi connectivity index (χ3v) is 1.63. The van der Waals surface area contributed by atoms with Crippen LogP contribution < -0.4 is 0 Å². The van der Waals surface area contributed by atoms with E-state index in [0.29, 0.717) is 13.0 Å². The number of esters is 1. The zero-order chi connectivity index (χ0) is 9.23. The molecule has 0 atom stereocenters. The Balaban J connectivity index is 3.01. The highest BCUT2D eigenvalue weighted by molar-refractivity contribution is 5.68. The lowest BCUT2D eigenvalue weighted by molar-refractivity contribution is -0.140. The minimum Gasteiger partial charge on any atom is -0.469 e. The molecular formula is C9H15NO2. The fourth-order valence-electron chi connectivity index (χ4n) is 0.916. The van der Waals surface area contributed by atoms with E-state index < -0.39 is 0 Å². The number of unbranched alkanes of at least 4 members (excludes halogenated alkanes) is 3. The molecule has 0 amide bonds. The summed E-state index contributed by atoms with van der Waals surface area (Å²) in [7, 11) is 1.40. The summed E-state index contributed by atoms with van der Waals surface area (Å²) >= 11 is 0. The average molecular weight is 169 g/mol. The highest BCUT2D eigenvalue weighted by Crippen LogP contribution is 2.03. The molecule has 0 unspecified atom stereocenters. The number of methoxy groups -OCH3 is 1. The molecule has 0 aromatic carbocycles. The third-order valence-electron chi connectivity index (χ3n) is 1.63. The molecule has 0 aliphatic heterocycles. The predicted octanol–water partition coefficient (Wildman–Crippen LogP) is 2.03. The van der Waals surface area contributed by atoms with Crippen LogP contribution in [-0.4, -0.2) is 19.6 Å². The molecule has 0 bridgehead atoms. The zero-order valence-electron chi connectivity index (χ0n) is 7.51. The van der Waals surface area contributed by atoms with Crippen molar-refractivity contribution in [1.29, 1.82) is 0 Å². The monoisotopic (exact) mass is 169 g/mol. The van der Waals surface area contributed by atoms with Gasteiger partial charge in [0.15, 0.2) is 0 Å². The fourth-order valence-corrected chi connectivity index (χ4v) is 0.916. The maximum Gasteiger partial charge on any atom is 0.305 e. The first-order valence-electron chi connectivity index (χ1n) is 4.21. The van der Waals surface area contributed by atoms with E-state index in [0.717, 1.165) is 25.7 Å². The van der Waals surface area contributed by atoms with Crippen LogP contribution in [0, 0.1) is 6.57 Å². The van der Waals surface area contributed by atoms with Gasteiger partial charge in [-0.15, -0.1) is 0 Å². The van der Waals surface area contributed by atoms with E-state index >= 15 is 0 Å². The topological polar surface area (TPSA) is 30.7 Å². The Morgan fingerprint density at radius 2 is 2.00 bits per heavy atom. The van der Waals surface area contributed by atoms with Crippen LogP contribution in [0.5, 0.6) is 0 Å². The van der Waals surface area contributed by atoms with Gasteiger partial charge in [-0.3, -0.25) is 4.79 Å². The van der Waals surface area contributed by atoms with Crippen molar-refractivity contribution in [2.75, 3.05) is 13.7 Å². The van der Waals surface area contributed by atoms with Crippen LogP contribution >= 0.6 is 0 Å². The predicted molar refractivity (Wildman–Crippen MR) is 46.6 cm³/mol. The Kier molecular flexibility index (Phi) is 7.36. The lowest BCUT2D eigenvalue weighted by Gasteiger charge is -1.97. The highest BCUT2D eigenvalue weighted by Gasteiger charge is 1.98. The second kappa shape index (κ2) is 8.06. The van der Waals surface area contributed by atoms with Gasteiger partial charge in [0.25, 0.3) is 0 Å². The van der Waals surface area contributed by atoms with Gasteiger partial charge in [-0.2, -0.15) is 0 Å². The summed E-state index contributed by atoms with van der Waals surface area (Å²) in [6, 6.07) is 0. The molecule has 0 aliphatic rings. The Labute approximate surface area is 73.5 Å². The smallest absolute Gasteiger partial charge is 0.305 e. The number of hydrogen-bond donors (Lipinski definition) is 0. The average Bonchev–Trinajstić information content (AvgIpc) is 2.10. The van der Waals surface area contributed by atoms with Crippen molar-refractivity contribution >= 4 is 5.97 Å². The minimum absolute atomic E-state index is 0.139. The highest BCUT2D eigenvalue weighted by atomic mass is 16.5. The number of rotatable bonds is 6. The van der Waals surface area contributed by atoms with E-state index in [4.69, 9.17) is 6.57 Å². The summed E-state index contributed by atoms with van der Waals surface area (Å²) in [5.41, 5.74) is 0. The molecule has 3 heteroatoms. The van der Waals surface area contributed by atoms with Crippen molar-refractivity contribution in [3.63, 3.8) is 0 Å². The molecule has 0 radical (unpaired) electrons. The SMILES string of the molecule is [C-]#[N+]CCCCCCC(=O)OC. The van der Waals surface area contributed by atoms with Crippen LogP contribution in [0.25, 0.3) is 4.85 Å². The quantitative estimate of drug-likeness (QED) is 0.346. The standard InChI is InChI=1S/C9H15NO2/c1-10-8-6-4-3-5-7-9(11)12-2/h3-8H2,2H3. The number of hydrogen-bond acceptors (Lipinski definition) is 2. The third kappa shape index (κ3) is 7.07. The molecule has 0 aromatic heterocycles. The fraction of sp³-hybridized carbons (Fsp3) is 0.778. The van der Waals surface area contributed by atoms with Crippen LogP contribution in [0.3, 0.4) is 0 Å². The second-order valence-corrected chi connectivity index (χ2v) is 2.62.